The molecule has 1 aliphatic heterocycles. The quantitative estimate of drug-likeness (QED) is 0.553. The van der Waals surface area contributed by atoms with Gasteiger partial charge in [0.2, 0.25) is 0 Å². The van der Waals surface area contributed by atoms with E-state index in [0.29, 0.717) is 16.3 Å². The Bertz CT molecular complexity index is 928. The number of nitrogens with zero attached hydrogens (tertiary/aromatic N) is 1. The Morgan fingerprint density at radius 2 is 1.38 bits per heavy atom. The van der Waals surface area contributed by atoms with Crippen LogP contribution in [0.5, 0.6) is 0 Å². The highest BCUT2D eigenvalue weighted by atomic mass is 16.5. The molecule has 0 bridgehead atoms. The fourth-order valence-corrected chi connectivity index (χ4v) is 2.93. The number of rotatable bonds is 2. The molecule has 1 aliphatic rings. The summed E-state index contributed by atoms with van der Waals surface area (Å²) in [5.74, 6) is -0.400. The number of hydrogen-bond donors (Lipinski definition) is 1. The molecule has 0 radical (unpaired) electrons. The molecule has 3 nitrogen and oxygen atoms in total. The minimum Gasteiger partial charge on any atom is -0.281 e. The van der Waals surface area contributed by atoms with Gasteiger partial charge in [-0.1, -0.05) is 72.8 Å². The molecule has 4 rings (SSSR count). The summed E-state index contributed by atoms with van der Waals surface area (Å²) < 4.78 is 0. The van der Waals surface area contributed by atoms with Crippen LogP contribution in [0, 0.1) is 0 Å². The summed E-state index contributed by atoms with van der Waals surface area (Å²) in [5.41, 5.74) is 4.97. The summed E-state index contributed by atoms with van der Waals surface area (Å²) in [5, 5.41) is 10.6. The van der Waals surface area contributed by atoms with Gasteiger partial charge in [0, 0.05) is 5.56 Å². The molecule has 0 atom stereocenters. The van der Waals surface area contributed by atoms with Gasteiger partial charge in [0.1, 0.15) is 0 Å². The third kappa shape index (κ3) is 2.41. The number of fused-ring (bicyclic) bond motifs is 1. The van der Waals surface area contributed by atoms with E-state index < -0.39 is 5.91 Å². The first-order valence-corrected chi connectivity index (χ1v) is 7.74. The van der Waals surface area contributed by atoms with Crippen LogP contribution in [0.1, 0.15) is 11.1 Å². The van der Waals surface area contributed by atoms with Crippen LogP contribution < -0.4 is 5.06 Å². The number of anilines is 1. The van der Waals surface area contributed by atoms with E-state index in [4.69, 9.17) is 0 Å². The van der Waals surface area contributed by atoms with Crippen LogP contribution in [0.3, 0.4) is 0 Å². The highest BCUT2D eigenvalue weighted by molar-refractivity contribution is 6.34. The van der Waals surface area contributed by atoms with Crippen LogP contribution >= 0.6 is 0 Å². The van der Waals surface area contributed by atoms with Crippen LogP contribution in [0.15, 0.2) is 78.9 Å². The largest absolute Gasteiger partial charge is 0.282 e. The molecule has 116 valence electrons. The number of hydroxylamine groups is 1. The molecule has 0 spiro atoms. The zero-order valence-electron chi connectivity index (χ0n) is 12.9. The molecule has 3 heteroatoms. The molecule has 0 unspecified atom stereocenters. The van der Waals surface area contributed by atoms with Crippen molar-refractivity contribution < 1.29 is 10.0 Å². The van der Waals surface area contributed by atoms with Crippen LogP contribution in [0.25, 0.3) is 22.8 Å². The number of hydrogen-bond acceptors (Lipinski definition) is 2. The molecule has 0 saturated heterocycles. The first kappa shape index (κ1) is 14.4. The van der Waals surface area contributed by atoms with Gasteiger partial charge in [0.05, 0.1) is 11.3 Å². The van der Waals surface area contributed by atoms with E-state index in [-0.39, 0.29) is 0 Å². The first-order chi connectivity index (χ1) is 11.7. The summed E-state index contributed by atoms with van der Waals surface area (Å²) >= 11 is 0. The highest BCUT2D eigenvalue weighted by Gasteiger charge is 2.30. The molecule has 0 aliphatic carbocycles. The topological polar surface area (TPSA) is 40.5 Å². The van der Waals surface area contributed by atoms with Gasteiger partial charge in [-0.05, 0) is 28.8 Å². The molecule has 1 amide bonds. The Morgan fingerprint density at radius 3 is 2.12 bits per heavy atom. The molecule has 0 saturated carbocycles. The predicted molar refractivity (Wildman–Crippen MR) is 95.5 cm³/mol. The average Bonchev–Trinajstić information content (AvgIpc) is 2.88. The van der Waals surface area contributed by atoms with Gasteiger partial charge >= 0.3 is 0 Å². The Hall–Kier alpha value is -3.17. The van der Waals surface area contributed by atoms with Crippen molar-refractivity contribution in [2.24, 2.45) is 0 Å². The maximum atomic E-state index is 12.3. The monoisotopic (exact) mass is 313 g/mol. The number of carbonyl (C=O) groups is 1. The molecule has 3 aromatic carbocycles. The van der Waals surface area contributed by atoms with Gasteiger partial charge in [0.25, 0.3) is 5.91 Å². The minimum atomic E-state index is -0.400. The molecule has 0 aromatic heterocycles. The summed E-state index contributed by atoms with van der Waals surface area (Å²) in [6.07, 6.45) is 1.81. The summed E-state index contributed by atoms with van der Waals surface area (Å²) in [6.45, 7) is 0. The summed E-state index contributed by atoms with van der Waals surface area (Å²) in [7, 11) is 0. The van der Waals surface area contributed by atoms with E-state index in [1.54, 1.807) is 12.1 Å². The van der Waals surface area contributed by atoms with E-state index in [0.717, 1.165) is 22.3 Å². The molecule has 1 N–H and O–H groups in total. The average molecular weight is 313 g/mol. The zero-order valence-corrected chi connectivity index (χ0v) is 12.9. The third-order valence-corrected chi connectivity index (χ3v) is 4.17. The minimum absolute atomic E-state index is 0.400. The van der Waals surface area contributed by atoms with Crippen LogP contribution in [-0.4, -0.2) is 11.1 Å². The maximum absolute atomic E-state index is 12.3. The molecule has 3 aromatic rings. The lowest BCUT2D eigenvalue weighted by Crippen LogP contribution is -2.21. The Kier molecular flexibility index (Phi) is 3.48. The second kappa shape index (κ2) is 5.80. The Balaban J connectivity index is 1.70. The fraction of sp³-hybridized carbons (Fsp3) is 0. The van der Waals surface area contributed by atoms with E-state index in [2.05, 4.69) is 12.1 Å². The van der Waals surface area contributed by atoms with Crippen molar-refractivity contribution in [1.82, 2.24) is 0 Å². The summed E-state index contributed by atoms with van der Waals surface area (Å²) in [6, 6.07) is 25.4. The first-order valence-electron chi connectivity index (χ1n) is 7.74. The van der Waals surface area contributed by atoms with Crippen molar-refractivity contribution in [1.29, 1.82) is 0 Å². The lowest BCUT2D eigenvalue weighted by Gasteiger charge is -2.05. The van der Waals surface area contributed by atoms with E-state index in [9.17, 15) is 10.0 Å². The Labute approximate surface area is 140 Å². The molecular weight excluding hydrogens is 298 g/mol. The SMILES string of the molecule is O=C1/C(=C\c2ccc(-c3ccccc3)cc2)c2ccccc2N1O. The van der Waals surface area contributed by atoms with Gasteiger partial charge in [-0.3, -0.25) is 10.0 Å². The van der Waals surface area contributed by atoms with Gasteiger partial charge < -0.3 is 0 Å². The van der Waals surface area contributed by atoms with Crippen LogP contribution in [0.4, 0.5) is 5.69 Å². The normalized spacial score (nSPS) is 15.0. The molecule has 0 fully saturated rings. The zero-order chi connectivity index (χ0) is 16.5. The predicted octanol–water partition coefficient (Wildman–Crippen LogP) is 4.63. The van der Waals surface area contributed by atoms with Crippen molar-refractivity contribution in [2.75, 3.05) is 5.06 Å². The highest BCUT2D eigenvalue weighted by Crippen LogP contribution is 2.36. The lowest BCUT2D eigenvalue weighted by molar-refractivity contribution is -0.117. The van der Waals surface area contributed by atoms with E-state index in [1.165, 1.54) is 0 Å². The second-order valence-electron chi connectivity index (χ2n) is 5.68. The molecule has 24 heavy (non-hydrogen) atoms. The van der Waals surface area contributed by atoms with Crippen LogP contribution in [-0.2, 0) is 4.79 Å². The second-order valence-corrected chi connectivity index (χ2v) is 5.68. The number of para-hydroxylation sites is 1. The molecular formula is C21H15NO2. The molecule has 1 heterocycles. The summed E-state index contributed by atoms with van der Waals surface area (Å²) in [4.78, 5) is 12.3. The lowest BCUT2D eigenvalue weighted by atomic mass is 10.0. The standard InChI is InChI=1S/C21H15NO2/c23-21-19(18-8-4-5-9-20(18)22(21)24)14-15-10-12-17(13-11-15)16-6-2-1-3-7-16/h1-14,24H/b19-14-. The maximum Gasteiger partial charge on any atom is 0.282 e. The number of carbonyl (C=O) groups excluding carboxylic acids is 1. The van der Waals surface area contributed by atoms with Crippen molar-refractivity contribution in [3.8, 4) is 11.1 Å². The Morgan fingerprint density at radius 1 is 0.750 bits per heavy atom. The van der Waals surface area contributed by atoms with Crippen molar-refractivity contribution >= 4 is 23.2 Å². The van der Waals surface area contributed by atoms with Crippen molar-refractivity contribution in [3.05, 3.63) is 90.0 Å². The number of amides is 1. The fourth-order valence-electron chi connectivity index (χ4n) is 2.93. The van der Waals surface area contributed by atoms with Gasteiger partial charge in [-0.15, -0.1) is 0 Å². The van der Waals surface area contributed by atoms with Gasteiger partial charge in [-0.25, -0.2) is 0 Å². The number of benzene rings is 3. The van der Waals surface area contributed by atoms with Gasteiger partial charge in [0.15, 0.2) is 0 Å². The van der Waals surface area contributed by atoms with Crippen molar-refractivity contribution in [2.45, 2.75) is 0 Å². The smallest absolute Gasteiger partial charge is 0.281 e. The van der Waals surface area contributed by atoms with Crippen LogP contribution in [0.2, 0.25) is 0 Å². The van der Waals surface area contributed by atoms with E-state index in [1.807, 2.05) is 60.7 Å². The third-order valence-electron chi connectivity index (χ3n) is 4.17. The van der Waals surface area contributed by atoms with Gasteiger partial charge in [-0.2, -0.15) is 5.06 Å². The van der Waals surface area contributed by atoms with Crippen molar-refractivity contribution in [3.63, 3.8) is 0 Å². The van der Waals surface area contributed by atoms with E-state index >= 15 is 0 Å².